The third kappa shape index (κ3) is 2.62. The van der Waals surface area contributed by atoms with Crippen molar-refractivity contribution >= 4 is 0 Å². The maximum absolute atomic E-state index is 6.20. The molecule has 19 heavy (non-hydrogen) atoms. The van der Waals surface area contributed by atoms with Gasteiger partial charge in [-0.1, -0.05) is 0 Å². The minimum absolute atomic E-state index is 0.132. The number of nitrogens with two attached hydrogens (primary N) is 1. The molecule has 106 valence electrons. The van der Waals surface area contributed by atoms with E-state index in [1.807, 2.05) is 12.1 Å². The Hall–Kier alpha value is -1.46. The number of hydrogen-bond donors (Lipinski definition) is 1. The zero-order valence-electron chi connectivity index (χ0n) is 12.0. The molecule has 0 radical (unpaired) electrons. The summed E-state index contributed by atoms with van der Waals surface area (Å²) < 4.78 is 16.1. The first kappa shape index (κ1) is 14.0. The zero-order chi connectivity index (χ0) is 14.0. The molecule has 0 bridgehead atoms. The summed E-state index contributed by atoms with van der Waals surface area (Å²) in [4.78, 5) is 2.23. The molecule has 0 unspecified atom stereocenters. The highest BCUT2D eigenvalue weighted by Gasteiger charge is 2.30. The Balaban J connectivity index is 2.41. The zero-order valence-corrected chi connectivity index (χ0v) is 12.0. The van der Waals surface area contributed by atoms with E-state index in [1.165, 1.54) is 0 Å². The number of rotatable bonds is 4. The van der Waals surface area contributed by atoms with Crippen molar-refractivity contribution in [2.75, 3.05) is 41.5 Å². The van der Waals surface area contributed by atoms with Crippen molar-refractivity contribution in [3.63, 3.8) is 0 Å². The lowest BCUT2D eigenvalue weighted by molar-refractivity contribution is 0.323. The van der Waals surface area contributed by atoms with E-state index in [9.17, 15) is 0 Å². The van der Waals surface area contributed by atoms with Gasteiger partial charge in [0.2, 0.25) is 5.75 Å². The molecule has 1 aliphatic heterocycles. The van der Waals surface area contributed by atoms with E-state index >= 15 is 0 Å². The molecule has 0 spiro atoms. The predicted molar refractivity (Wildman–Crippen MR) is 74.3 cm³/mol. The molecule has 2 atom stereocenters. The summed E-state index contributed by atoms with van der Waals surface area (Å²) in [5.41, 5.74) is 7.33. The van der Waals surface area contributed by atoms with Crippen LogP contribution in [-0.4, -0.2) is 52.4 Å². The van der Waals surface area contributed by atoms with Gasteiger partial charge < -0.3 is 24.8 Å². The summed E-state index contributed by atoms with van der Waals surface area (Å²) >= 11 is 0. The van der Waals surface area contributed by atoms with E-state index in [0.717, 1.165) is 18.7 Å². The Morgan fingerprint density at radius 1 is 1.05 bits per heavy atom. The SMILES string of the molecule is COc1cc([C@@H]2CN(C)C[C@H]2N)cc(OC)c1OC. The molecule has 0 saturated carbocycles. The lowest BCUT2D eigenvalue weighted by atomic mass is 9.94. The number of nitrogens with zero attached hydrogens (tertiary/aromatic N) is 1. The van der Waals surface area contributed by atoms with Gasteiger partial charge in [-0.25, -0.2) is 0 Å². The van der Waals surface area contributed by atoms with Crippen LogP contribution < -0.4 is 19.9 Å². The number of ether oxygens (including phenoxy) is 3. The van der Waals surface area contributed by atoms with Crippen molar-refractivity contribution in [3.05, 3.63) is 17.7 Å². The average molecular weight is 266 g/mol. The van der Waals surface area contributed by atoms with Crippen LogP contribution in [0.3, 0.4) is 0 Å². The molecule has 0 amide bonds. The molecule has 1 saturated heterocycles. The Bertz CT molecular complexity index is 425. The second-order valence-electron chi connectivity index (χ2n) is 4.95. The number of methoxy groups -OCH3 is 3. The highest BCUT2D eigenvalue weighted by atomic mass is 16.5. The van der Waals surface area contributed by atoms with Crippen molar-refractivity contribution in [2.24, 2.45) is 5.73 Å². The number of likely N-dealkylation sites (tertiary alicyclic amines) is 1. The normalized spacial score (nSPS) is 23.4. The van der Waals surface area contributed by atoms with Gasteiger partial charge in [0.25, 0.3) is 0 Å². The highest BCUT2D eigenvalue weighted by molar-refractivity contribution is 5.54. The quantitative estimate of drug-likeness (QED) is 0.883. The summed E-state index contributed by atoms with van der Waals surface area (Å²) in [6.07, 6.45) is 0. The van der Waals surface area contributed by atoms with Gasteiger partial charge in [-0.3, -0.25) is 0 Å². The molecule has 1 aliphatic rings. The Labute approximate surface area is 114 Å². The summed E-state index contributed by atoms with van der Waals surface area (Å²) in [6, 6.07) is 4.11. The van der Waals surface area contributed by atoms with Crippen LogP contribution in [0, 0.1) is 0 Å². The lowest BCUT2D eigenvalue weighted by Crippen LogP contribution is -2.27. The van der Waals surface area contributed by atoms with Crippen LogP contribution in [0.2, 0.25) is 0 Å². The van der Waals surface area contributed by atoms with Gasteiger partial charge >= 0.3 is 0 Å². The minimum atomic E-state index is 0.132. The van der Waals surface area contributed by atoms with Gasteiger partial charge in [-0.15, -0.1) is 0 Å². The summed E-state index contributed by atoms with van der Waals surface area (Å²) in [5, 5.41) is 0. The van der Waals surface area contributed by atoms with Crippen molar-refractivity contribution in [3.8, 4) is 17.2 Å². The van der Waals surface area contributed by atoms with E-state index in [0.29, 0.717) is 23.2 Å². The first-order valence-corrected chi connectivity index (χ1v) is 6.34. The molecule has 1 fully saturated rings. The highest BCUT2D eigenvalue weighted by Crippen LogP contribution is 2.41. The molecule has 1 aromatic carbocycles. The van der Waals surface area contributed by atoms with Gasteiger partial charge in [0.1, 0.15) is 0 Å². The summed E-state index contributed by atoms with van der Waals surface area (Å²) in [6.45, 7) is 1.85. The van der Waals surface area contributed by atoms with Crippen LogP contribution in [0.1, 0.15) is 11.5 Å². The number of benzene rings is 1. The maximum atomic E-state index is 6.20. The Morgan fingerprint density at radius 3 is 2.00 bits per heavy atom. The van der Waals surface area contributed by atoms with E-state index in [4.69, 9.17) is 19.9 Å². The molecule has 0 aliphatic carbocycles. The van der Waals surface area contributed by atoms with Gasteiger partial charge in [-0.05, 0) is 24.7 Å². The second kappa shape index (κ2) is 5.67. The molecule has 1 heterocycles. The number of likely N-dealkylation sites (N-methyl/N-ethyl adjacent to an activating group) is 1. The number of hydrogen-bond acceptors (Lipinski definition) is 5. The van der Waals surface area contributed by atoms with Gasteiger partial charge in [0, 0.05) is 25.0 Å². The third-order valence-electron chi connectivity index (χ3n) is 3.66. The van der Waals surface area contributed by atoms with Crippen LogP contribution in [0.15, 0.2) is 12.1 Å². The molecule has 5 heteroatoms. The topological polar surface area (TPSA) is 57.0 Å². The van der Waals surface area contributed by atoms with E-state index in [-0.39, 0.29) is 6.04 Å². The fraction of sp³-hybridized carbons (Fsp3) is 0.571. The first-order valence-electron chi connectivity index (χ1n) is 6.34. The molecular formula is C14H22N2O3. The van der Waals surface area contributed by atoms with E-state index < -0.39 is 0 Å². The standard InChI is InChI=1S/C14H22N2O3/c1-16-7-10(11(15)8-16)9-5-12(17-2)14(19-4)13(6-9)18-3/h5-6,10-11H,7-8,15H2,1-4H3/t10-,11+/m0/s1. The van der Waals surface area contributed by atoms with Gasteiger partial charge in [0.05, 0.1) is 21.3 Å². The van der Waals surface area contributed by atoms with Crippen LogP contribution >= 0.6 is 0 Å². The van der Waals surface area contributed by atoms with E-state index in [1.54, 1.807) is 21.3 Å². The molecule has 1 aromatic rings. The summed E-state index contributed by atoms with van der Waals surface area (Å²) in [7, 11) is 6.94. The third-order valence-corrected chi connectivity index (χ3v) is 3.66. The fourth-order valence-corrected chi connectivity index (χ4v) is 2.70. The van der Waals surface area contributed by atoms with Crippen LogP contribution in [0.25, 0.3) is 0 Å². The van der Waals surface area contributed by atoms with Crippen molar-refractivity contribution in [1.82, 2.24) is 4.90 Å². The average Bonchev–Trinajstić information content (AvgIpc) is 2.75. The fourth-order valence-electron chi connectivity index (χ4n) is 2.70. The molecule has 0 aromatic heterocycles. The van der Waals surface area contributed by atoms with Crippen LogP contribution in [0.5, 0.6) is 17.2 Å². The molecule has 2 rings (SSSR count). The lowest BCUT2D eigenvalue weighted by Gasteiger charge is -2.19. The van der Waals surface area contributed by atoms with Crippen molar-refractivity contribution in [1.29, 1.82) is 0 Å². The van der Waals surface area contributed by atoms with Gasteiger partial charge in [-0.2, -0.15) is 0 Å². The predicted octanol–water partition coefficient (Wildman–Crippen LogP) is 1.07. The monoisotopic (exact) mass is 266 g/mol. The Kier molecular flexibility index (Phi) is 4.17. The minimum Gasteiger partial charge on any atom is -0.493 e. The Morgan fingerprint density at radius 2 is 1.63 bits per heavy atom. The van der Waals surface area contributed by atoms with E-state index in [2.05, 4.69) is 11.9 Å². The van der Waals surface area contributed by atoms with Crippen LogP contribution in [-0.2, 0) is 0 Å². The van der Waals surface area contributed by atoms with Gasteiger partial charge in [0.15, 0.2) is 11.5 Å². The van der Waals surface area contributed by atoms with Crippen molar-refractivity contribution < 1.29 is 14.2 Å². The van der Waals surface area contributed by atoms with Crippen molar-refractivity contribution in [2.45, 2.75) is 12.0 Å². The first-order chi connectivity index (χ1) is 9.10. The molecule has 2 N–H and O–H groups in total. The smallest absolute Gasteiger partial charge is 0.203 e. The summed E-state index contributed by atoms with van der Waals surface area (Å²) in [5.74, 6) is 2.27. The maximum Gasteiger partial charge on any atom is 0.203 e. The molecule has 5 nitrogen and oxygen atoms in total. The largest absolute Gasteiger partial charge is 0.493 e. The van der Waals surface area contributed by atoms with Crippen LogP contribution in [0.4, 0.5) is 0 Å². The molecular weight excluding hydrogens is 244 g/mol. The second-order valence-corrected chi connectivity index (χ2v) is 4.95.